The number of carbonyl (C=O) groups excluding carboxylic acids is 1. The summed E-state index contributed by atoms with van der Waals surface area (Å²) in [5.41, 5.74) is 1.50. The minimum absolute atomic E-state index is 0.129. The number of rotatable bonds is 5. The Morgan fingerprint density at radius 1 is 1.12 bits per heavy atom. The molecule has 0 unspecified atom stereocenters. The van der Waals surface area contributed by atoms with Crippen molar-refractivity contribution in [1.29, 1.82) is 0 Å². The van der Waals surface area contributed by atoms with E-state index in [4.69, 9.17) is 4.74 Å². The van der Waals surface area contributed by atoms with E-state index >= 15 is 0 Å². The Kier molecular flexibility index (Phi) is 5.66. The van der Waals surface area contributed by atoms with Gasteiger partial charge in [0.2, 0.25) is 5.91 Å². The lowest BCUT2D eigenvalue weighted by Gasteiger charge is -2.29. The van der Waals surface area contributed by atoms with Crippen LogP contribution in [-0.4, -0.2) is 37.0 Å². The lowest BCUT2D eigenvalue weighted by molar-refractivity contribution is -0.115. The van der Waals surface area contributed by atoms with Gasteiger partial charge in [-0.05, 0) is 61.9 Å². The van der Waals surface area contributed by atoms with Crippen LogP contribution in [0.3, 0.4) is 0 Å². The fourth-order valence-electron chi connectivity index (χ4n) is 2.90. The Labute approximate surface area is 147 Å². The molecule has 1 fully saturated rings. The average Bonchev–Trinajstić information content (AvgIpc) is 2.61. The maximum absolute atomic E-state index is 12.9. The van der Waals surface area contributed by atoms with Gasteiger partial charge in [-0.15, -0.1) is 0 Å². The summed E-state index contributed by atoms with van der Waals surface area (Å²) < 4.78 is 18.9. The minimum atomic E-state index is -0.302. The standard InChI is InChI=1S/C20H23FN2O2/c1-23-12-10-19(11-13-23)25-18-8-6-17(7-9-18)22-20(24)14-15-2-4-16(21)5-3-15/h2-9,19H,10-14H2,1H3,(H,22,24). The third kappa shape index (κ3) is 5.29. The molecule has 0 aromatic heterocycles. The molecule has 1 aliphatic rings. The van der Waals surface area contributed by atoms with Crippen molar-refractivity contribution in [1.82, 2.24) is 4.90 Å². The molecule has 0 radical (unpaired) electrons. The van der Waals surface area contributed by atoms with Crippen LogP contribution >= 0.6 is 0 Å². The molecule has 132 valence electrons. The van der Waals surface area contributed by atoms with Crippen molar-refractivity contribution < 1.29 is 13.9 Å². The highest BCUT2D eigenvalue weighted by atomic mass is 19.1. The van der Waals surface area contributed by atoms with E-state index in [9.17, 15) is 9.18 Å². The molecule has 5 heteroatoms. The second kappa shape index (κ2) is 8.12. The highest BCUT2D eigenvalue weighted by molar-refractivity contribution is 5.92. The number of anilines is 1. The number of nitrogens with zero attached hydrogens (tertiary/aromatic N) is 1. The Morgan fingerprint density at radius 3 is 2.40 bits per heavy atom. The molecule has 1 heterocycles. The van der Waals surface area contributed by atoms with E-state index in [-0.39, 0.29) is 24.2 Å². The number of nitrogens with one attached hydrogen (secondary N) is 1. The van der Waals surface area contributed by atoms with Crippen molar-refractivity contribution in [2.45, 2.75) is 25.4 Å². The summed E-state index contributed by atoms with van der Waals surface area (Å²) in [4.78, 5) is 14.4. The zero-order valence-electron chi connectivity index (χ0n) is 14.4. The van der Waals surface area contributed by atoms with Crippen LogP contribution in [0.15, 0.2) is 48.5 Å². The number of hydrogen-bond acceptors (Lipinski definition) is 3. The van der Waals surface area contributed by atoms with Crippen LogP contribution in [0.5, 0.6) is 5.75 Å². The molecule has 1 N–H and O–H groups in total. The molecule has 25 heavy (non-hydrogen) atoms. The van der Waals surface area contributed by atoms with Crippen molar-refractivity contribution >= 4 is 11.6 Å². The molecule has 4 nitrogen and oxygen atoms in total. The van der Waals surface area contributed by atoms with Gasteiger partial charge in [-0.25, -0.2) is 4.39 Å². The number of carbonyl (C=O) groups is 1. The second-order valence-electron chi connectivity index (χ2n) is 6.50. The Bertz CT molecular complexity index is 693. The van der Waals surface area contributed by atoms with Gasteiger partial charge >= 0.3 is 0 Å². The molecule has 0 spiro atoms. The van der Waals surface area contributed by atoms with E-state index in [1.54, 1.807) is 12.1 Å². The van der Waals surface area contributed by atoms with Crippen LogP contribution in [0.4, 0.5) is 10.1 Å². The highest BCUT2D eigenvalue weighted by Crippen LogP contribution is 2.21. The van der Waals surface area contributed by atoms with E-state index in [1.165, 1.54) is 12.1 Å². The van der Waals surface area contributed by atoms with E-state index in [1.807, 2.05) is 24.3 Å². The van der Waals surface area contributed by atoms with Crippen LogP contribution in [-0.2, 0) is 11.2 Å². The summed E-state index contributed by atoms with van der Waals surface area (Å²) in [5, 5.41) is 2.85. The molecule has 0 bridgehead atoms. The minimum Gasteiger partial charge on any atom is -0.490 e. The van der Waals surface area contributed by atoms with Crippen LogP contribution in [0.2, 0.25) is 0 Å². The largest absolute Gasteiger partial charge is 0.490 e. The van der Waals surface area contributed by atoms with Gasteiger partial charge in [0.25, 0.3) is 0 Å². The quantitative estimate of drug-likeness (QED) is 0.904. The summed E-state index contributed by atoms with van der Waals surface area (Å²) in [6, 6.07) is 13.4. The van der Waals surface area contributed by atoms with Crippen molar-refractivity contribution in [2.75, 3.05) is 25.5 Å². The second-order valence-corrected chi connectivity index (χ2v) is 6.50. The highest BCUT2D eigenvalue weighted by Gasteiger charge is 2.17. The molecule has 1 amide bonds. The zero-order chi connectivity index (χ0) is 17.6. The number of hydrogen-bond donors (Lipinski definition) is 1. The van der Waals surface area contributed by atoms with Crippen LogP contribution in [0, 0.1) is 5.82 Å². The molecule has 0 atom stereocenters. The van der Waals surface area contributed by atoms with Crippen LogP contribution < -0.4 is 10.1 Å². The normalized spacial score (nSPS) is 15.8. The van der Waals surface area contributed by atoms with Crippen molar-refractivity contribution in [3.63, 3.8) is 0 Å². The molecule has 2 aromatic rings. The van der Waals surface area contributed by atoms with Gasteiger partial charge in [0, 0.05) is 18.8 Å². The zero-order valence-corrected chi connectivity index (χ0v) is 14.4. The van der Waals surface area contributed by atoms with Gasteiger partial charge in [-0.2, -0.15) is 0 Å². The van der Waals surface area contributed by atoms with Gasteiger partial charge in [0.05, 0.1) is 6.42 Å². The van der Waals surface area contributed by atoms with Gasteiger partial charge in [-0.1, -0.05) is 12.1 Å². The van der Waals surface area contributed by atoms with E-state index in [0.29, 0.717) is 0 Å². The fourth-order valence-corrected chi connectivity index (χ4v) is 2.90. The SMILES string of the molecule is CN1CCC(Oc2ccc(NC(=O)Cc3ccc(F)cc3)cc2)CC1. The van der Waals surface area contributed by atoms with Gasteiger partial charge in [0.15, 0.2) is 0 Å². The monoisotopic (exact) mass is 342 g/mol. The van der Waals surface area contributed by atoms with E-state index in [0.717, 1.165) is 42.9 Å². The van der Waals surface area contributed by atoms with Crippen LogP contribution in [0.1, 0.15) is 18.4 Å². The predicted molar refractivity (Wildman–Crippen MR) is 96.3 cm³/mol. The molecular weight excluding hydrogens is 319 g/mol. The van der Waals surface area contributed by atoms with Crippen LogP contribution in [0.25, 0.3) is 0 Å². The first-order valence-corrected chi connectivity index (χ1v) is 8.58. The van der Waals surface area contributed by atoms with E-state index in [2.05, 4.69) is 17.3 Å². The summed E-state index contributed by atoms with van der Waals surface area (Å²) in [7, 11) is 2.12. The summed E-state index contributed by atoms with van der Waals surface area (Å²) >= 11 is 0. The number of benzene rings is 2. The van der Waals surface area contributed by atoms with Gasteiger partial charge < -0.3 is 15.0 Å². The number of halogens is 1. The van der Waals surface area contributed by atoms with Crippen molar-refractivity contribution in [3.8, 4) is 5.75 Å². The maximum Gasteiger partial charge on any atom is 0.228 e. The number of ether oxygens (including phenoxy) is 1. The van der Waals surface area contributed by atoms with Crippen molar-refractivity contribution in [2.24, 2.45) is 0 Å². The van der Waals surface area contributed by atoms with E-state index < -0.39 is 0 Å². The third-order valence-electron chi connectivity index (χ3n) is 4.38. The Hall–Kier alpha value is -2.40. The first-order chi connectivity index (χ1) is 12.1. The summed E-state index contributed by atoms with van der Waals surface area (Å²) in [6.07, 6.45) is 2.54. The predicted octanol–water partition coefficient (Wildman–Crippen LogP) is 3.48. The third-order valence-corrected chi connectivity index (χ3v) is 4.38. The molecule has 2 aromatic carbocycles. The smallest absolute Gasteiger partial charge is 0.228 e. The van der Waals surface area contributed by atoms with Gasteiger partial charge in [0.1, 0.15) is 17.7 Å². The first-order valence-electron chi connectivity index (χ1n) is 8.58. The lowest BCUT2D eigenvalue weighted by Crippen LogP contribution is -2.35. The lowest BCUT2D eigenvalue weighted by atomic mass is 10.1. The summed E-state index contributed by atoms with van der Waals surface area (Å²) in [5.74, 6) is 0.394. The van der Waals surface area contributed by atoms with Gasteiger partial charge in [-0.3, -0.25) is 4.79 Å². The fraction of sp³-hybridized carbons (Fsp3) is 0.350. The Morgan fingerprint density at radius 2 is 1.76 bits per heavy atom. The first kappa shape index (κ1) is 17.4. The molecule has 0 saturated carbocycles. The topological polar surface area (TPSA) is 41.6 Å². The summed E-state index contributed by atoms with van der Waals surface area (Å²) in [6.45, 7) is 2.12. The Balaban J connectivity index is 1.50. The molecule has 0 aliphatic carbocycles. The number of piperidine rings is 1. The molecular formula is C20H23FN2O2. The van der Waals surface area contributed by atoms with Crippen molar-refractivity contribution in [3.05, 3.63) is 59.9 Å². The molecule has 1 saturated heterocycles. The number of likely N-dealkylation sites (tertiary alicyclic amines) is 1. The number of amides is 1. The average molecular weight is 342 g/mol. The molecule has 1 aliphatic heterocycles. The molecule has 3 rings (SSSR count). The maximum atomic E-state index is 12.9.